The van der Waals surface area contributed by atoms with E-state index in [0.29, 0.717) is 15.3 Å². The summed E-state index contributed by atoms with van der Waals surface area (Å²) in [6.45, 7) is 0.868. The van der Waals surface area contributed by atoms with E-state index in [1.807, 2.05) is 0 Å². The third-order valence-electron chi connectivity index (χ3n) is 4.08. The molecule has 1 atom stereocenters. The van der Waals surface area contributed by atoms with Gasteiger partial charge in [-0.15, -0.1) is 0 Å². The lowest BCUT2D eigenvalue weighted by atomic mass is 10.1. The van der Waals surface area contributed by atoms with E-state index in [1.165, 1.54) is 13.0 Å². The van der Waals surface area contributed by atoms with Gasteiger partial charge in [0.25, 0.3) is 0 Å². The summed E-state index contributed by atoms with van der Waals surface area (Å²) in [6.07, 6.45) is -2.33. The van der Waals surface area contributed by atoms with Crippen molar-refractivity contribution in [2.75, 3.05) is 6.54 Å². The monoisotopic (exact) mass is 401 g/mol. The fourth-order valence-electron chi connectivity index (χ4n) is 2.85. The van der Waals surface area contributed by atoms with Gasteiger partial charge in [0, 0.05) is 18.9 Å². The van der Waals surface area contributed by atoms with E-state index in [9.17, 15) is 26.0 Å². The molecule has 2 heterocycles. The summed E-state index contributed by atoms with van der Waals surface area (Å²) in [5.41, 5.74) is 0.503. The molecular weight excluding hydrogens is 386 g/mol. The molecule has 27 heavy (non-hydrogen) atoms. The Morgan fingerprint density at radius 2 is 1.85 bits per heavy atom. The molecule has 5 nitrogen and oxygen atoms in total. The molecular formula is C17H15F4N3O2S. The molecule has 0 saturated carbocycles. The highest BCUT2D eigenvalue weighted by atomic mass is 32.2. The summed E-state index contributed by atoms with van der Waals surface area (Å²) in [7, 11) is -4.52. The van der Waals surface area contributed by atoms with Gasteiger partial charge in [-0.1, -0.05) is 19.1 Å². The maximum absolute atomic E-state index is 13.8. The number of H-pyrrole nitrogens is 1. The van der Waals surface area contributed by atoms with Gasteiger partial charge in [0.2, 0.25) is 10.0 Å². The topological polar surface area (TPSA) is 66.1 Å². The third kappa shape index (κ3) is 3.67. The second-order valence-corrected chi connectivity index (χ2v) is 7.68. The Kier molecular flexibility index (Phi) is 4.96. The van der Waals surface area contributed by atoms with Crippen LogP contribution in [0.2, 0.25) is 0 Å². The maximum atomic E-state index is 13.8. The fraction of sp³-hybridized carbons (Fsp3) is 0.235. The van der Waals surface area contributed by atoms with Crippen molar-refractivity contribution in [1.82, 2.24) is 14.3 Å². The van der Waals surface area contributed by atoms with Crippen molar-refractivity contribution in [3.63, 3.8) is 0 Å². The van der Waals surface area contributed by atoms with Crippen LogP contribution in [0, 0.1) is 5.82 Å². The van der Waals surface area contributed by atoms with Crippen LogP contribution in [0.15, 0.2) is 53.7 Å². The molecule has 3 rings (SSSR count). The minimum absolute atomic E-state index is 0.339. The molecule has 0 saturated heterocycles. The third-order valence-corrected chi connectivity index (χ3v) is 5.98. The van der Waals surface area contributed by atoms with E-state index in [-0.39, 0.29) is 10.5 Å². The second-order valence-electron chi connectivity index (χ2n) is 5.79. The molecule has 0 fully saturated rings. The van der Waals surface area contributed by atoms with Crippen molar-refractivity contribution >= 4 is 21.1 Å². The molecule has 1 N–H and O–H groups in total. The quantitative estimate of drug-likeness (QED) is 0.657. The minimum atomic E-state index is -4.90. The van der Waals surface area contributed by atoms with Gasteiger partial charge < -0.3 is 4.98 Å². The number of nitrogens with one attached hydrogen (secondary N) is 1. The summed E-state index contributed by atoms with van der Waals surface area (Å²) in [6, 6.07) is 3.98. The molecule has 0 spiro atoms. The number of pyridine rings is 1. The molecule has 0 bridgehead atoms. The van der Waals surface area contributed by atoms with E-state index in [1.54, 1.807) is 12.3 Å². The van der Waals surface area contributed by atoms with Crippen molar-refractivity contribution in [1.29, 1.82) is 0 Å². The zero-order valence-corrected chi connectivity index (χ0v) is 14.9. The van der Waals surface area contributed by atoms with Crippen LogP contribution in [0.4, 0.5) is 17.6 Å². The van der Waals surface area contributed by atoms with Crippen molar-refractivity contribution in [3.8, 4) is 0 Å². The Morgan fingerprint density at radius 3 is 2.44 bits per heavy atom. The molecule has 0 aliphatic carbocycles. The minimum Gasteiger partial charge on any atom is -0.360 e. The van der Waals surface area contributed by atoms with E-state index in [0.717, 1.165) is 30.5 Å². The number of rotatable bonds is 5. The molecule has 2 aromatic heterocycles. The molecule has 3 aromatic rings. The first-order chi connectivity index (χ1) is 12.6. The smallest absolute Gasteiger partial charge is 0.360 e. The maximum Gasteiger partial charge on any atom is 0.409 e. The van der Waals surface area contributed by atoms with Crippen LogP contribution < -0.4 is 0 Å². The van der Waals surface area contributed by atoms with E-state index in [2.05, 4.69) is 9.97 Å². The first-order valence-corrected chi connectivity index (χ1v) is 9.35. The summed E-state index contributed by atoms with van der Waals surface area (Å²) in [4.78, 5) is 6.37. The average molecular weight is 401 g/mol. The van der Waals surface area contributed by atoms with Crippen LogP contribution in [0.1, 0.15) is 18.5 Å². The number of fused-ring (bicyclic) bond motifs is 1. The zero-order chi connectivity index (χ0) is 19.8. The number of sulfonamides is 1. The zero-order valence-electron chi connectivity index (χ0n) is 14.0. The first kappa shape index (κ1) is 19.3. The Bertz CT molecular complexity index is 1050. The van der Waals surface area contributed by atoms with Gasteiger partial charge in [-0.3, -0.25) is 4.98 Å². The van der Waals surface area contributed by atoms with Crippen LogP contribution in [0.3, 0.4) is 0 Å². The highest BCUT2D eigenvalue weighted by Gasteiger charge is 2.48. The number of nitrogens with zero attached hydrogens (tertiary/aromatic N) is 2. The van der Waals surface area contributed by atoms with Gasteiger partial charge in [-0.05, 0) is 29.8 Å². The number of hydrogen-bond donors (Lipinski definition) is 1. The fourth-order valence-corrected chi connectivity index (χ4v) is 4.43. The van der Waals surface area contributed by atoms with Crippen LogP contribution in [0.25, 0.3) is 11.0 Å². The molecule has 1 aromatic carbocycles. The lowest BCUT2D eigenvalue weighted by molar-refractivity contribution is -0.173. The SMILES string of the molecule is CCN(C(c1ccc(F)cc1)C(F)(F)F)S(=O)(=O)c1cnc2cc[nH]c2c1. The van der Waals surface area contributed by atoms with Crippen molar-refractivity contribution in [2.24, 2.45) is 0 Å². The lowest BCUT2D eigenvalue weighted by Crippen LogP contribution is -2.42. The number of halogens is 4. The summed E-state index contributed by atoms with van der Waals surface area (Å²) >= 11 is 0. The Labute approximate surface area is 152 Å². The number of aromatic nitrogens is 2. The number of benzene rings is 1. The Morgan fingerprint density at radius 1 is 1.19 bits per heavy atom. The molecule has 144 valence electrons. The normalized spacial score (nSPS) is 14.0. The average Bonchev–Trinajstić information content (AvgIpc) is 3.07. The van der Waals surface area contributed by atoms with Gasteiger partial charge in [0.05, 0.1) is 11.0 Å². The molecule has 0 amide bonds. The molecule has 1 unspecified atom stereocenters. The highest BCUT2D eigenvalue weighted by Crippen LogP contribution is 2.40. The number of aromatic amines is 1. The lowest BCUT2D eigenvalue weighted by Gasteiger charge is -2.31. The van der Waals surface area contributed by atoms with Gasteiger partial charge in [0.1, 0.15) is 16.8 Å². The summed E-state index contributed by atoms with van der Waals surface area (Å²) in [5, 5.41) is 0. The van der Waals surface area contributed by atoms with Gasteiger partial charge in [0.15, 0.2) is 0 Å². The molecule has 0 aliphatic rings. The number of hydrogen-bond acceptors (Lipinski definition) is 3. The van der Waals surface area contributed by atoms with Crippen LogP contribution >= 0.6 is 0 Å². The van der Waals surface area contributed by atoms with E-state index < -0.39 is 34.6 Å². The standard InChI is InChI=1S/C17H15F4N3O2S/c1-2-24(16(17(19,20)21)11-3-5-12(18)6-4-11)27(25,26)13-9-15-14(23-10-13)7-8-22-15/h3-10,16,22H,2H2,1H3. The van der Waals surface area contributed by atoms with Crippen LogP contribution in [-0.4, -0.2) is 35.4 Å². The van der Waals surface area contributed by atoms with Crippen molar-refractivity contribution < 1.29 is 26.0 Å². The van der Waals surface area contributed by atoms with Gasteiger partial charge >= 0.3 is 6.18 Å². The number of alkyl halides is 3. The second kappa shape index (κ2) is 6.93. The van der Waals surface area contributed by atoms with Crippen LogP contribution in [0.5, 0.6) is 0 Å². The first-order valence-electron chi connectivity index (χ1n) is 7.91. The van der Waals surface area contributed by atoms with E-state index in [4.69, 9.17) is 0 Å². The van der Waals surface area contributed by atoms with Crippen molar-refractivity contribution in [2.45, 2.75) is 24.0 Å². The van der Waals surface area contributed by atoms with E-state index >= 15 is 0 Å². The van der Waals surface area contributed by atoms with Crippen molar-refractivity contribution in [3.05, 3.63) is 60.2 Å². The summed E-state index contributed by atoms with van der Waals surface area (Å²) in [5.74, 6) is -0.716. The van der Waals surface area contributed by atoms with Gasteiger partial charge in [-0.2, -0.15) is 17.5 Å². The van der Waals surface area contributed by atoms with Crippen LogP contribution in [-0.2, 0) is 10.0 Å². The largest absolute Gasteiger partial charge is 0.409 e. The Hall–Kier alpha value is -2.46. The Balaban J connectivity index is 2.11. The highest BCUT2D eigenvalue weighted by molar-refractivity contribution is 7.89. The van der Waals surface area contributed by atoms with Gasteiger partial charge in [-0.25, -0.2) is 12.8 Å². The summed E-state index contributed by atoms with van der Waals surface area (Å²) < 4.78 is 80.7. The molecule has 0 radical (unpaired) electrons. The molecule has 10 heteroatoms. The predicted molar refractivity (Wildman–Crippen MR) is 90.9 cm³/mol. The predicted octanol–water partition coefficient (Wildman–Crippen LogP) is 4.02. The molecule has 0 aliphatic heterocycles.